The number of thiazole rings is 1. The van der Waals surface area contributed by atoms with E-state index < -0.39 is 10.0 Å². The van der Waals surface area contributed by atoms with Crippen LogP contribution in [0.15, 0.2) is 23.1 Å². The van der Waals surface area contributed by atoms with Gasteiger partial charge >= 0.3 is 0 Å². The minimum absolute atomic E-state index is 0.00968. The molecule has 6 nitrogen and oxygen atoms in total. The van der Waals surface area contributed by atoms with Gasteiger partial charge in [-0.05, 0) is 43.4 Å². The minimum atomic E-state index is -3.53. The Kier molecular flexibility index (Phi) is 8.25. The Morgan fingerprint density at radius 3 is 2.53 bits per heavy atom. The van der Waals surface area contributed by atoms with E-state index in [0.717, 1.165) is 24.0 Å². The van der Waals surface area contributed by atoms with Crippen molar-refractivity contribution in [1.29, 1.82) is 0 Å². The zero-order valence-electron chi connectivity index (χ0n) is 18.0. The highest BCUT2D eigenvalue weighted by Gasteiger charge is 2.24. The number of nitrogens with one attached hydrogen (secondary N) is 1. The number of carbonyl (C=O) groups is 1. The summed E-state index contributed by atoms with van der Waals surface area (Å²) in [7, 11) is -3.53. The second-order valence-electron chi connectivity index (χ2n) is 8.14. The second-order valence-corrected chi connectivity index (χ2v) is 11.1. The van der Waals surface area contributed by atoms with Crippen LogP contribution < -0.4 is 5.32 Å². The second kappa shape index (κ2) is 10.7. The van der Waals surface area contributed by atoms with Crippen LogP contribution in [-0.2, 0) is 14.8 Å². The Hall–Kier alpha value is -1.51. The average molecular weight is 452 g/mol. The van der Waals surface area contributed by atoms with Crippen molar-refractivity contribution in [3.8, 4) is 0 Å². The van der Waals surface area contributed by atoms with E-state index in [1.54, 1.807) is 22.5 Å². The molecular weight excluding hydrogens is 418 g/mol. The maximum absolute atomic E-state index is 13.0. The van der Waals surface area contributed by atoms with Gasteiger partial charge in [0.25, 0.3) is 0 Å². The largest absolute Gasteiger partial charge is 0.302 e. The predicted molar refractivity (Wildman–Crippen MR) is 123 cm³/mol. The van der Waals surface area contributed by atoms with Crippen LogP contribution in [-0.4, -0.2) is 36.7 Å². The molecule has 1 N–H and O–H groups in total. The van der Waals surface area contributed by atoms with Gasteiger partial charge in [-0.15, -0.1) is 0 Å². The van der Waals surface area contributed by atoms with Crippen molar-refractivity contribution in [1.82, 2.24) is 9.29 Å². The molecule has 0 spiro atoms. The highest BCUT2D eigenvalue weighted by atomic mass is 32.2. The van der Waals surface area contributed by atoms with Crippen LogP contribution in [0.4, 0.5) is 5.13 Å². The summed E-state index contributed by atoms with van der Waals surface area (Å²) in [5, 5.41) is 3.44. The number of hydrogen-bond donors (Lipinski definition) is 1. The van der Waals surface area contributed by atoms with Gasteiger partial charge in [0.1, 0.15) is 0 Å². The molecule has 1 aliphatic rings. The van der Waals surface area contributed by atoms with Crippen LogP contribution in [0.2, 0.25) is 0 Å². The van der Waals surface area contributed by atoms with Crippen molar-refractivity contribution in [2.75, 3.05) is 18.4 Å². The van der Waals surface area contributed by atoms with Gasteiger partial charge in [-0.25, -0.2) is 13.4 Å². The highest BCUT2D eigenvalue weighted by molar-refractivity contribution is 7.89. The van der Waals surface area contributed by atoms with Crippen molar-refractivity contribution in [3.63, 3.8) is 0 Å². The lowest BCUT2D eigenvalue weighted by molar-refractivity contribution is -0.116. The molecule has 1 amide bonds. The fourth-order valence-electron chi connectivity index (χ4n) is 4.11. The van der Waals surface area contributed by atoms with E-state index in [4.69, 9.17) is 0 Å². The molecule has 1 aromatic heterocycles. The summed E-state index contributed by atoms with van der Waals surface area (Å²) in [5.41, 5.74) is 0.707. The number of rotatable bonds is 10. The summed E-state index contributed by atoms with van der Waals surface area (Å²) in [6, 6.07) is 5.02. The number of hydrogen-bond acceptors (Lipinski definition) is 5. The van der Waals surface area contributed by atoms with E-state index in [2.05, 4.69) is 10.3 Å². The number of carbonyl (C=O) groups excluding carboxylic acids is 1. The summed E-state index contributed by atoms with van der Waals surface area (Å²) in [4.78, 5) is 17.1. The van der Waals surface area contributed by atoms with E-state index >= 15 is 0 Å². The van der Waals surface area contributed by atoms with E-state index in [1.807, 2.05) is 13.8 Å². The van der Waals surface area contributed by atoms with E-state index in [0.29, 0.717) is 36.1 Å². The molecule has 0 aliphatic heterocycles. The topological polar surface area (TPSA) is 79.4 Å². The molecule has 0 bridgehead atoms. The molecule has 1 fully saturated rings. The molecule has 0 atom stereocenters. The maximum atomic E-state index is 13.0. The van der Waals surface area contributed by atoms with Crippen LogP contribution in [0.25, 0.3) is 10.2 Å². The number of nitrogens with zero attached hydrogens (tertiary/aromatic N) is 2. The first kappa shape index (κ1) is 23.2. The third kappa shape index (κ3) is 5.80. The SMILES string of the molecule is CCCN(CCC)S(=O)(=O)c1ccc2nc(NC(=O)CCC3CCCCC3)sc2c1. The number of fused-ring (bicyclic) bond motifs is 1. The Morgan fingerprint density at radius 1 is 1.17 bits per heavy atom. The van der Waals surface area contributed by atoms with Crippen LogP contribution in [0, 0.1) is 5.92 Å². The Balaban J connectivity index is 1.68. The van der Waals surface area contributed by atoms with E-state index in [-0.39, 0.29) is 10.8 Å². The van der Waals surface area contributed by atoms with Crippen molar-refractivity contribution < 1.29 is 13.2 Å². The van der Waals surface area contributed by atoms with Gasteiger partial charge < -0.3 is 5.32 Å². The van der Waals surface area contributed by atoms with Crippen molar-refractivity contribution in [2.24, 2.45) is 5.92 Å². The monoisotopic (exact) mass is 451 g/mol. The summed E-state index contributed by atoms with van der Waals surface area (Å²) < 4.78 is 28.3. The Bertz CT molecular complexity index is 944. The van der Waals surface area contributed by atoms with Crippen molar-refractivity contribution in [3.05, 3.63) is 18.2 Å². The molecule has 0 radical (unpaired) electrons. The van der Waals surface area contributed by atoms with E-state index in [9.17, 15) is 13.2 Å². The molecule has 166 valence electrons. The summed E-state index contributed by atoms with van der Waals surface area (Å²) in [5.74, 6) is 0.659. The molecule has 3 rings (SSSR count). The van der Waals surface area contributed by atoms with Crippen LogP contribution in [0.1, 0.15) is 71.6 Å². The zero-order chi connectivity index (χ0) is 21.6. The molecule has 2 aromatic rings. The van der Waals surface area contributed by atoms with Gasteiger partial charge in [0, 0.05) is 19.5 Å². The van der Waals surface area contributed by atoms with Gasteiger partial charge in [0.2, 0.25) is 15.9 Å². The highest BCUT2D eigenvalue weighted by Crippen LogP contribution is 2.30. The molecule has 1 heterocycles. The first-order valence-electron chi connectivity index (χ1n) is 11.1. The van der Waals surface area contributed by atoms with Crippen LogP contribution >= 0.6 is 11.3 Å². The molecule has 1 aromatic carbocycles. The molecular formula is C22H33N3O3S2. The number of anilines is 1. The average Bonchev–Trinajstić information content (AvgIpc) is 3.14. The molecule has 8 heteroatoms. The zero-order valence-corrected chi connectivity index (χ0v) is 19.7. The maximum Gasteiger partial charge on any atom is 0.243 e. The lowest BCUT2D eigenvalue weighted by atomic mass is 9.86. The lowest BCUT2D eigenvalue weighted by Crippen LogP contribution is -2.32. The number of amides is 1. The fraction of sp³-hybridized carbons (Fsp3) is 0.636. The van der Waals surface area contributed by atoms with E-state index in [1.165, 1.54) is 43.4 Å². The lowest BCUT2D eigenvalue weighted by Gasteiger charge is -2.20. The van der Waals surface area contributed by atoms with Gasteiger partial charge in [0.15, 0.2) is 5.13 Å². The molecule has 1 saturated carbocycles. The Labute approximate surface area is 184 Å². The number of sulfonamides is 1. The molecule has 0 unspecified atom stereocenters. The third-order valence-corrected chi connectivity index (χ3v) is 8.52. The molecule has 1 aliphatic carbocycles. The summed E-state index contributed by atoms with van der Waals surface area (Å²) >= 11 is 1.33. The summed E-state index contributed by atoms with van der Waals surface area (Å²) in [6.45, 7) is 4.99. The first-order chi connectivity index (χ1) is 14.4. The van der Waals surface area contributed by atoms with Crippen LogP contribution in [0.3, 0.4) is 0 Å². The smallest absolute Gasteiger partial charge is 0.243 e. The van der Waals surface area contributed by atoms with Gasteiger partial charge in [-0.1, -0.05) is 57.3 Å². The number of benzene rings is 1. The normalized spacial score (nSPS) is 15.7. The van der Waals surface area contributed by atoms with Gasteiger partial charge in [0.05, 0.1) is 15.1 Å². The predicted octanol–water partition coefficient (Wildman–Crippen LogP) is 5.41. The number of aromatic nitrogens is 1. The first-order valence-corrected chi connectivity index (χ1v) is 13.4. The summed E-state index contributed by atoms with van der Waals surface area (Å²) in [6.07, 6.45) is 9.36. The van der Waals surface area contributed by atoms with Crippen molar-refractivity contribution in [2.45, 2.75) is 76.5 Å². The standard InChI is InChI=1S/C22H33N3O3S2/c1-3-14-25(15-4-2)30(27,28)18-11-12-19-20(16-18)29-22(23-19)24-21(26)13-10-17-8-6-5-7-9-17/h11-12,16-17H,3-10,13-15H2,1-2H3,(H,23,24,26). The van der Waals surface area contributed by atoms with Gasteiger partial charge in [-0.2, -0.15) is 4.31 Å². The molecule has 30 heavy (non-hydrogen) atoms. The fourth-order valence-corrected chi connectivity index (χ4v) is 6.76. The molecule has 0 saturated heterocycles. The third-order valence-electron chi connectivity index (χ3n) is 5.69. The van der Waals surface area contributed by atoms with Crippen LogP contribution in [0.5, 0.6) is 0 Å². The Morgan fingerprint density at radius 2 is 1.87 bits per heavy atom. The van der Waals surface area contributed by atoms with Gasteiger partial charge in [-0.3, -0.25) is 4.79 Å². The van der Waals surface area contributed by atoms with Crippen molar-refractivity contribution >= 4 is 42.6 Å². The minimum Gasteiger partial charge on any atom is -0.302 e. The quantitative estimate of drug-likeness (QED) is 0.524.